The maximum absolute atomic E-state index is 5.85. The number of nitrogens with one attached hydrogen (secondary N) is 1. The summed E-state index contributed by atoms with van der Waals surface area (Å²) in [4.78, 5) is 0. The summed E-state index contributed by atoms with van der Waals surface area (Å²) in [6.45, 7) is 0. The minimum atomic E-state index is -1.20. The second-order valence-corrected chi connectivity index (χ2v) is 5.74. The first-order valence-corrected chi connectivity index (χ1v) is 5.81. The predicted octanol–water partition coefficient (Wildman–Crippen LogP) is 0.554. The second kappa shape index (κ2) is 3.68. The van der Waals surface area contributed by atoms with E-state index >= 15 is 0 Å². The number of nitrogens with two attached hydrogens (primary N) is 1. The first-order valence-electron chi connectivity index (χ1n) is 2.57. The summed E-state index contributed by atoms with van der Waals surface area (Å²) in [6, 6.07) is 0. The molecule has 0 aliphatic rings. The molecule has 0 saturated heterocycles. The molecule has 0 heterocycles. The summed E-state index contributed by atoms with van der Waals surface area (Å²) in [5.41, 5.74) is 0. The van der Waals surface area contributed by atoms with Crippen LogP contribution in [-0.2, 0) is 0 Å². The van der Waals surface area contributed by atoms with Crippen molar-refractivity contribution in [1.29, 1.82) is 0 Å². The molecule has 5 heteroatoms. The van der Waals surface area contributed by atoms with Crippen molar-refractivity contribution < 1.29 is 0 Å². The van der Waals surface area contributed by atoms with Gasteiger partial charge in [0.25, 0.3) is 0 Å². The van der Waals surface area contributed by atoms with Gasteiger partial charge >= 0.3 is 0 Å². The fourth-order valence-electron chi connectivity index (χ4n) is 0.283. The average molecular weight is 169 g/mol. The molecule has 0 saturated carbocycles. The normalized spacial score (nSPS) is 21.6. The quantitative estimate of drug-likeness (QED) is 0.606. The van der Waals surface area contributed by atoms with Gasteiger partial charge < -0.3 is 0 Å². The Morgan fingerprint density at radius 3 is 2.22 bits per heavy atom. The molecule has 0 rings (SSSR count). The molecule has 0 spiro atoms. The smallest absolute Gasteiger partial charge is 0.00952 e. The first-order chi connectivity index (χ1) is 4.04. The van der Waals surface area contributed by atoms with Gasteiger partial charge in [0.2, 0.25) is 0 Å². The summed E-state index contributed by atoms with van der Waals surface area (Å²) in [5, 5.41) is 5.85. The van der Waals surface area contributed by atoms with Gasteiger partial charge in [-0.3, -0.25) is 9.86 Å². The third-order valence-electron chi connectivity index (χ3n) is 1.20. The molecule has 0 aliphatic heterocycles. The molecular formula is C4H15N3S2. The number of rotatable bonds is 3. The molecule has 1 atom stereocenters. The SMILES string of the molecule is CNS(C)(N)N(C)SC. The van der Waals surface area contributed by atoms with Crippen molar-refractivity contribution in [3.63, 3.8) is 0 Å². The third kappa shape index (κ3) is 2.77. The molecule has 0 aromatic rings. The minimum Gasteiger partial charge on any atom is -0.272 e. The van der Waals surface area contributed by atoms with E-state index in [1.165, 1.54) is 0 Å². The fourth-order valence-corrected chi connectivity index (χ4v) is 2.00. The van der Waals surface area contributed by atoms with Crippen LogP contribution in [-0.4, -0.2) is 30.3 Å². The highest BCUT2D eigenvalue weighted by atomic mass is 32.3. The number of hydrogen-bond donors (Lipinski definition) is 2. The van der Waals surface area contributed by atoms with E-state index in [9.17, 15) is 0 Å². The highest BCUT2D eigenvalue weighted by molar-refractivity contribution is 8.33. The van der Waals surface area contributed by atoms with Crippen molar-refractivity contribution in [3.05, 3.63) is 0 Å². The molecule has 0 aromatic heterocycles. The van der Waals surface area contributed by atoms with Gasteiger partial charge in [-0.25, -0.2) is 0 Å². The molecular weight excluding hydrogens is 154 g/mol. The van der Waals surface area contributed by atoms with E-state index < -0.39 is 10.6 Å². The standard InChI is InChI=1S/C4H15N3S2/c1-6-9(4,5)7(2)8-3/h6H,5H2,1-4H3. The Morgan fingerprint density at radius 2 is 2.11 bits per heavy atom. The molecule has 0 amide bonds. The molecule has 0 bridgehead atoms. The zero-order chi connectivity index (χ0) is 7.49. The molecule has 3 nitrogen and oxygen atoms in total. The van der Waals surface area contributed by atoms with E-state index in [-0.39, 0.29) is 0 Å². The summed E-state index contributed by atoms with van der Waals surface area (Å²) in [6.07, 6.45) is 4.01. The zero-order valence-electron chi connectivity index (χ0n) is 6.34. The topological polar surface area (TPSA) is 41.3 Å². The summed E-state index contributed by atoms with van der Waals surface area (Å²) in [7, 11) is 2.66. The molecule has 0 aromatic carbocycles. The van der Waals surface area contributed by atoms with Gasteiger partial charge in [-0.2, -0.15) is 3.71 Å². The predicted molar refractivity (Wildman–Crippen MR) is 48.0 cm³/mol. The van der Waals surface area contributed by atoms with Gasteiger partial charge in [0.05, 0.1) is 0 Å². The molecule has 0 radical (unpaired) electrons. The van der Waals surface area contributed by atoms with Crippen LogP contribution in [0.3, 0.4) is 0 Å². The molecule has 3 N–H and O–H groups in total. The Labute approximate surface area is 63.2 Å². The minimum absolute atomic E-state index is 1.20. The first kappa shape index (κ1) is 9.58. The molecule has 0 aliphatic carbocycles. The summed E-state index contributed by atoms with van der Waals surface area (Å²) in [5.74, 6) is 0. The summed E-state index contributed by atoms with van der Waals surface area (Å²) >= 11 is 1.64. The van der Waals surface area contributed by atoms with Gasteiger partial charge in [0, 0.05) is 13.3 Å². The highest BCUT2D eigenvalue weighted by Crippen LogP contribution is 2.36. The van der Waals surface area contributed by atoms with Crippen LogP contribution in [0.25, 0.3) is 0 Å². The molecule has 58 valence electrons. The van der Waals surface area contributed by atoms with Gasteiger partial charge in [0.15, 0.2) is 0 Å². The largest absolute Gasteiger partial charge is 0.272 e. The van der Waals surface area contributed by atoms with Gasteiger partial charge in [-0.1, -0.05) is 22.5 Å². The van der Waals surface area contributed by atoms with Crippen LogP contribution >= 0.6 is 22.5 Å². The van der Waals surface area contributed by atoms with Crippen molar-refractivity contribution in [2.24, 2.45) is 5.14 Å². The van der Waals surface area contributed by atoms with Crippen molar-refractivity contribution in [3.8, 4) is 0 Å². The van der Waals surface area contributed by atoms with Crippen LogP contribution in [0.1, 0.15) is 0 Å². The second-order valence-electron chi connectivity index (χ2n) is 1.76. The van der Waals surface area contributed by atoms with Gasteiger partial charge in [-0.15, -0.1) is 0 Å². The van der Waals surface area contributed by atoms with Crippen molar-refractivity contribution >= 4 is 22.5 Å². The van der Waals surface area contributed by atoms with E-state index in [4.69, 9.17) is 5.14 Å². The lowest BCUT2D eigenvalue weighted by atomic mass is 11.6. The van der Waals surface area contributed by atoms with Crippen LogP contribution in [0, 0.1) is 0 Å². The van der Waals surface area contributed by atoms with E-state index in [0.717, 1.165) is 0 Å². The van der Waals surface area contributed by atoms with Gasteiger partial charge in [0.1, 0.15) is 0 Å². The Morgan fingerprint density at radius 1 is 1.67 bits per heavy atom. The summed E-state index contributed by atoms with van der Waals surface area (Å²) < 4.78 is 5.09. The maximum Gasteiger partial charge on any atom is 0.00952 e. The Kier molecular flexibility index (Phi) is 3.91. The van der Waals surface area contributed by atoms with E-state index in [1.807, 2.05) is 30.3 Å². The van der Waals surface area contributed by atoms with Crippen LogP contribution in [0.15, 0.2) is 0 Å². The van der Waals surface area contributed by atoms with Crippen LogP contribution in [0.5, 0.6) is 0 Å². The molecule has 0 fully saturated rings. The lowest BCUT2D eigenvalue weighted by Crippen LogP contribution is -2.33. The molecule has 9 heavy (non-hydrogen) atoms. The number of hydrogen-bond acceptors (Lipinski definition) is 4. The van der Waals surface area contributed by atoms with E-state index in [1.54, 1.807) is 11.9 Å². The third-order valence-corrected chi connectivity index (χ3v) is 4.99. The number of nitrogens with zero attached hydrogens (tertiary/aromatic N) is 1. The van der Waals surface area contributed by atoms with Crippen molar-refractivity contribution in [2.45, 2.75) is 0 Å². The van der Waals surface area contributed by atoms with Crippen molar-refractivity contribution in [2.75, 3.05) is 26.6 Å². The monoisotopic (exact) mass is 169 g/mol. The van der Waals surface area contributed by atoms with Crippen LogP contribution in [0.4, 0.5) is 0 Å². The highest BCUT2D eigenvalue weighted by Gasteiger charge is 2.13. The Bertz CT molecular complexity index is 85.9. The van der Waals surface area contributed by atoms with E-state index in [0.29, 0.717) is 0 Å². The van der Waals surface area contributed by atoms with Crippen LogP contribution < -0.4 is 9.86 Å². The lowest BCUT2D eigenvalue weighted by molar-refractivity contribution is 0.894. The average Bonchev–Trinajstić information content (AvgIpc) is 1.86. The fraction of sp³-hybridized carbons (Fsp3) is 1.00. The van der Waals surface area contributed by atoms with Crippen LogP contribution in [0.2, 0.25) is 0 Å². The van der Waals surface area contributed by atoms with Crippen molar-refractivity contribution in [1.82, 2.24) is 8.43 Å². The van der Waals surface area contributed by atoms with Gasteiger partial charge in [-0.05, 0) is 13.3 Å². The zero-order valence-corrected chi connectivity index (χ0v) is 7.97. The maximum atomic E-state index is 5.85. The Balaban J connectivity index is 3.80. The van der Waals surface area contributed by atoms with E-state index in [2.05, 4.69) is 4.72 Å². The Hall–Kier alpha value is 0.580. The molecule has 1 unspecified atom stereocenters. The lowest BCUT2D eigenvalue weighted by Gasteiger charge is -2.37.